The number of rotatable bonds is 6. The van der Waals surface area contributed by atoms with E-state index in [1.807, 2.05) is 31.2 Å². The molecule has 1 heterocycles. The smallest absolute Gasteiger partial charge is 0.129 e. The molecule has 0 fully saturated rings. The second-order valence-electron chi connectivity index (χ2n) is 5.24. The first-order valence-electron chi connectivity index (χ1n) is 7.79. The molecule has 0 bridgehead atoms. The van der Waals surface area contributed by atoms with Crippen LogP contribution in [-0.2, 0) is 5.75 Å². The molecule has 0 radical (unpaired) electrons. The molecule has 0 amide bonds. The topological polar surface area (TPSA) is 59.6 Å². The molecule has 1 aliphatic heterocycles. The van der Waals surface area contributed by atoms with Gasteiger partial charge in [0.25, 0.3) is 0 Å². The molecule has 2 aromatic rings. The highest BCUT2D eigenvalue weighted by atomic mass is 32.2. The summed E-state index contributed by atoms with van der Waals surface area (Å²) in [6, 6.07) is 14.2. The molecule has 0 saturated carbocycles. The predicted octanol–water partition coefficient (Wildman–Crippen LogP) is 3.31. The lowest BCUT2D eigenvalue weighted by molar-refractivity contribution is 0.337. The van der Waals surface area contributed by atoms with Gasteiger partial charge in [0, 0.05) is 34.0 Å². The molecule has 5 heteroatoms. The van der Waals surface area contributed by atoms with Crippen LogP contribution >= 0.6 is 11.8 Å². The molecule has 0 spiro atoms. The fourth-order valence-electron chi connectivity index (χ4n) is 2.53. The Balaban J connectivity index is 1.80. The van der Waals surface area contributed by atoms with Gasteiger partial charge in [0.1, 0.15) is 11.6 Å². The largest absolute Gasteiger partial charge is 0.494 e. The molecule has 23 heavy (non-hydrogen) atoms. The molecule has 2 aromatic carbocycles. The summed E-state index contributed by atoms with van der Waals surface area (Å²) in [5, 5.41) is 3.34. The molecular formula is C18H21N3OS. The zero-order valence-corrected chi connectivity index (χ0v) is 14.0. The molecule has 1 aliphatic rings. The van der Waals surface area contributed by atoms with E-state index in [9.17, 15) is 0 Å². The third kappa shape index (κ3) is 3.79. The minimum Gasteiger partial charge on any atom is -0.494 e. The maximum absolute atomic E-state index is 5.93. The van der Waals surface area contributed by atoms with Gasteiger partial charge in [-0.3, -0.25) is 4.99 Å². The van der Waals surface area contributed by atoms with Crippen molar-refractivity contribution < 1.29 is 4.74 Å². The molecule has 0 aromatic heterocycles. The number of benzene rings is 2. The maximum atomic E-state index is 5.93. The summed E-state index contributed by atoms with van der Waals surface area (Å²) in [6.07, 6.45) is 0. The van der Waals surface area contributed by atoms with E-state index in [4.69, 9.17) is 10.5 Å². The second-order valence-corrected chi connectivity index (χ2v) is 6.26. The van der Waals surface area contributed by atoms with Crippen molar-refractivity contribution in [1.82, 2.24) is 5.32 Å². The first kappa shape index (κ1) is 15.7. The van der Waals surface area contributed by atoms with E-state index in [1.165, 1.54) is 4.90 Å². The molecule has 0 aliphatic carbocycles. The van der Waals surface area contributed by atoms with Gasteiger partial charge in [0.2, 0.25) is 0 Å². The van der Waals surface area contributed by atoms with Crippen LogP contribution in [0.2, 0.25) is 0 Å². The maximum Gasteiger partial charge on any atom is 0.129 e. The van der Waals surface area contributed by atoms with E-state index in [1.54, 1.807) is 11.8 Å². The van der Waals surface area contributed by atoms with Gasteiger partial charge in [-0.05, 0) is 31.2 Å². The van der Waals surface area contributed by atoms with Crippen LogP contribution in [0.3, 0.4) is 0 Å². The minimum absolute atomic E-state index is 0.652. The molecule has 0 saturated heterocycles. The minimum atomic E-state index is 0.652. The number of nitrogens with zero attached hydrogens (tertiary/aromatic N) is 1. The lowest BCUT2D eigenvalue weighted by Gasteiger charge is -2.13. The van der Waals surface area contributed by atoms with Crippen molar-refractivity contribution in [2.24, 2.45) is 4.99 Å². The van der Waals surface area contributed by atoms with Crippen LogP contribution in [-0.4, -0.2) is 25.5 Å². The number of amidine groups is 1. The summed E-state index contributed by atoms with van der Waals surface area (Å²) in [6.45, 7) is 4.40. The summed E-state index contributed by atoms with van der Waals surface area (Å²) in [5.41, 5.74) is 8.97. The van der Waals surface area contributed by atoms with Gasteiger partial charge >= 0.3 is 0 Å². The summed E-state index contributed by atoms with van der Waals surface area (Å²) < 4.78 is 5.71. The third-order valence-electron chi connectivity index (χ3n) is 3.58. The number of hydrogen-bond donors (Lipinski definition) is 2. The summed E-state index contributed by atoms with van der Waals surface area (Å²) in [7, 11) is 0. The number of nitrogen functional groups attached to an aromatic ring is 1. The highest BCUT2D eigenvalue weighted by molar-refractivity contribution is 7.98. The monoisotopic (exact) mass is 327 g/mol. The highest BCUT2D eigenvalue weighted by Crippen LogP contribution is 2.31. The van der Waals surface area contributed by atoms with Gasteiger partial charge in [0.05, 0.1) is 13.2 Å². The fraction of sp³-hybridized carbons (Fsp3) is 0.278. The van der Waals surface area contributed by atoms with Crippen LogP contribution in [0.1, 0.15) is 18.1 Å². The van der Waals surface area contributed by atoms with Crippen LogP contribution in [0.5, 0.6) is 5.75 Å². The van der Waals surface area contributed by atoms with Gasteiger partial charge < -0.3 is 15.8 Å². The SMILES string of the molecule is CCOc1ccc(N)cc1CSc1ccccc1C1=NCCN1. The number of anilines is 1. The molecule has 0 atom stereocenters. The Labute approximate surface area is 141 Å². The van der Waals surface area contributed by atoms with Gasteiger partial charge in [0.15, 0.2) is 0 Å². The van der Waals surface area contributed by atoms with Crippen molar-refractivity contribution in [3.8, 4) is 5.75 Å². The van der Waals surface area contributed by atoms with Crippen LogP contribution in [0.4, 0.5) is 5.69 Å². The van der Waals surface area contributed by atoms with Crippen molar-refractivity contribution in [2.45, 2.75) is 17.6 Å². The van der Waals surface area contributed by atoms with Crippen LogP contribution < -0.4 is 15.8 Å². The fourth-order valence-corrected chi connectivity index (χ4v) is 3.56. The quantitative estimate of drug-likeness (QED) is 0.631. The van der Waals surface area contributed by atoms with E-state index in [0.717, 1.165) is 47.2 Å². The Bertz CT molecular complexity index is 715. The number of thioether (sulfide) groups is 1. The molecule has 3 N–H and O–H groups in total. The number of nitrogens with one attached hydrogen (secondary N) is 1. The van der Waals surface area contributed by atoms with Crippen molar-refractivity contribution in [3.63, 3.8) is 0 Å². The molecular weight excluding hydrogens is 306 g/mol. The van der Waals surface area contributed by atoms with Gasteiger partial charge in [-0.15, -0.1) is 11.8 Å². The lowest BCUT2D eigenvalue weighted by atomic mass is 10.2. The Morgan fingerprint density at radius 1 is 1.26 bits per heavy atom. The van der Waals surface area contributed by atoms with Gasteiger partial charge in [-0.25, -0.2) is 0 Å². The Morgan fingerprint density at radius 2 is 2.13 bits per heavy atom. The zero-order valence-electron chi connectivity index (χ0n) is 13.2. The van der Waals surface area contributed by atoms with Gasteiger partial charge in [-0.2, -0.15) is 0 Å². The van der Waals surface area contributed by atoms with Crippen molar-refractivity contribution in [3.05, 3.63) is 53.6 Å². The van der Waals surface area contributed by atoms with Crippen LogP contribution in [0, 0.1) is 0 Å². The molecule has 4 nitrogen and oxygen atoms in total. The average Bonchev–Trinajstić information content (AvgIpc) is 3.10. The van der Waals surface area contributed by atoms with E-state index in [2.05, 4.69) is 28.5 Å². The van der Waals surface area contributed by atoms with Crippen molar-refractivity contribution in [2.75, 3.05) is 25.4 Å². The normalized spacial score (nSPS) is 13.5. The average molecular weight is 327 g/mol. The van der Waals surface area contributed by atoms with E-state index < -0.39 is 0 Å². The molecule has 3 rings (SSSR count). The second kappa shape index (κ2) is 7.42. The Hall–Kier alpha value is -2.14. The van der Waals surface area contributed by atoms with Crippen molar-refractivity contribution >= 4 is 23.3 Å². The van der Waals surface area contributed by atoms with E-state index in [0.29, 0.717) is 6.61 Å². The van der Waals surface area contributed by atoms with Crippen LogP contribution in [0.15, 0.2) is 52.4 Å². The molecule has 0 unspecified atom stereocenters. The summed E-state index contributed by atoms with van der Waals surface area (Å²) in [5.74, 6) is 2.71. The van der Waals surface area contributed by atoms with Gasteiger partial charge in [-0.1, -0.05) is 18.2 Å². The Kier molecular flexibility index (Phi) is 5.08. The number of nitrogens with two attached hydrogens (primary N) is 1. The Morgan fingerprint density at radius 3 is 2.91 bits per heavy atom. The first-order chi connectivity index (χ1) is 11.3. The zero-order chi connectivity index (χ0) is 16.1. The number of aliphatic imine (C=N–C) groups is 1. The lowest BCUT2D eigenvalue weighted by Crippen LogP contribution is -2.20. The van der Waals surface area contributed by atoms with E-state index >= 15 is 0 Å². The first-order valence-corrected chi connectivity index (χ1v) is 8.78. The number of hydrogen-bond acceptors (Lipinski definition) is 5. The summed E-state index contributed by atoms with van der Waals surface area (Å²) >= 11 is 1.78. The predicted molar refractivity (Wildman–Crippen MR) is 97.4 cm³/mol. The highest BCUT2D eigenvalue weighted by Gasteiger charge is 2.13. The third-order valence-corrected chi connectivity index (χ3v) is 4.71. The number of ether oxygens (including phenoxy) is 1. The van der Waals surface area contributed by atoms with Crippen LogP contribution in [0.25, 0.3) is 0 Å². The molecule has 120 valence electrons. The van der Waals surface area contributed by atoms with E-state index in [-0.39, 0.29) is 0 Å². The standard InChI is InChI=1S/C18H21N3OS/c1-2-22-16-8-7-14(19)11-13(16)12-23-17-6-4-3-5-15(17)18-20-9-10-21-18/h3-8,11H,2,9-10,12,19H2,1H3,(H,20,21). The summed E-state index contributed by atoms with van der Waals surface area (Å²) in [4.78, 5) is 5.74. The van der Waals surface area contributed by atoms with Crippen molar-refractivity contribution in [1.29, 1.82) is 0 Å².